The Hall–Kier alpha value is -3.86. The van der Waals surface area contributed by atoms with Gasteiger partial charge in [0, 0.05) is 11.5 Å². The van der Waals surface area contributed by atoms with Crippen LogP contribution in [0.15, 0.2) is 60.9 Å². The number of aliphatic hydroxyl groups excluding tert-OH is 1. The second kappa shape index (κ2) is 10.4. The van der Waals surface area contributed by atoms with Gasteiger partial charge in [-0.2, -0.15) is 0 Å². The molecule has 3 heterocycles. The Morgan fingerprint density at radius 2 is 1.75 bits per heavy atom. The highest BCUT2D eigenvalue weighted by atomic mass is 16.5. The minimum absolute atomic E-state index is 0.0418. The molecule has 2 aromatic carbocycles. The van der Waals surface area contributed by atoms with Crippen LogP contribution in [-0.4, -0.2) is 51.3 Å². The number of rotatable bonds is 5. The molecule has 4 aromatic rings. The highest BCUT2D eigenvalue weighted by Gasteiger charge is 2.24. The number of nitrogens with zero attached hydrogens (tertiary/aromatic N) is 4. The molecule has 36 heavy (non-hydrogen) atoms. The quantitative estimate of drug-likeness (QED) is 0.401. The van der Waals surface area contributed by atoms with Gasteiger partial charge in [-0.15, -0.1) is 0 Å². The number of anilines is 1. The van der Waals surface area contributed by atoms with E-state index in [1.807, 2.05) is 66.1 Å². The summed E-state index contributed by atoms with van der Waals surface area (Å²) in [4.78, 5) is 11.2. The van der Waals surface area contributed by atoms with E-state index in [9.17, 15) is 5.11 Å². The lowest BCUT2D eigenvalue weighted by atomic mass is 9.97. The summed E-state index contributed by atoms with van der Waals surface area (Å²) in [6.45, 7) is 4.01. The lowest BCUT2D eigenvalue weighted by Crippen LogP contribution is -2.29. The van der Waals surface area contributed by atoms with Gasteiger partial charge in [-0.3, -0.25) is 0 Å². The first-order valence-corrected chi connectivity index (χ1v) is 12.3. The molecule has 0 saturated carbocycles. The number of para-hydroxylation sites is 1. The van der Waals surface area contributed by atoms with Crippen LogP contribution in [0, 0.1) is 17.8 Å². The second-order valence-electron chi connectivity index (χ2n) is 9.37. The molecule has 0 bridgehead atoms. The van der Waals surface area contributed by atoms with Gasteiger partial charge in [0.2, 0.25) is 0 Å². The van der Waals surface area contributed by atoms with Gasteiger partial charge >= 0.3 is 0 Å². The average molecular weight is 482 g/mol. The Morgan fingerprint density at radius 1 is 1.06 bits per heavy atom. The summed E-state index contributed by atoms with van der Waals surface area (Å²) in [5, 5.41) is 10.8. The van der Waals surface area contributed by atoms with Crippen molar-refractivity contribution in [3.63, 3.8) is 0 Å². The maximum absolute atomic E-state index is 10.1. The molecule has 1 unspecified atom stereocenters. The number of nitrogens with two attached hydrogens (primary N) is 1. The van der Waals surface area contributed by atoms with E-state index in [1.54, 1.807) is 0 Å². The number of ether oxygens (including phenoxy) is 1. The molecule has 0 radical (unpaired) electrons. The van der Waals surface area contributed by atoms with E-state index >= 15 is 0 Å². The summed E-state index contributed by atoms with van der Waals surface area (Å²) in [7, 11) is 2.15. The molecule has 1 aliphatic rings. The monoisotopic (exact) mass is 481 g/mol. The molecule has 0 amide bonds. The van der Waals surface area contributed by atoms with Crippen LogP contribution in [0.4, 0.5) is 5.82 Å². The van der Waals surface area contributed by atoms with Gasteiger partial charge < -0.3 is 25.0 Å². The van der Waals surface area contributed by atoms with Gasteiger partial charge in [0.25, 0.3) is 0 Å². The molecule has 184 valence electrons. The molecule has 5 rings (SSSR count). The molecule has 1 aliphatic heterocycles. The van der Waals surface area contributed by atoms with Crippen LogP contribution in [0.5, 0.6) is 11.5 Å². The third kappa shape index (κ3) is 4.78. The Balaban J connectivity index is 1.62. The van der Waals surface area contributed by atoms with Crippen molar-refractivity contribution < 1.29 is 9.84 Å². The Labute approximate surface area is 211 Å². The van der Waals surface area contributed by atoms with Crippen molar-refractivity contribution in [2.45, 2.75) is 25.8 Å². The summed E-state index contributed by atoms with van der Waals surface area (Å²) in [5.74, 6) is 9.24. The van der Waals surface area contributed by atoms with Crippen LogP contribution in [0.1, 0.15) is 31.5 Å². The first-order chi connectivity index (χ1) is 17.5. The average Bonchev–Trinajstić information content (AvgIpc) is 3.24. The zero-order valence-electron chi connectivity index (χ0n) is 20.7. The fraction of sp³-hybridized carbons (Fsp3) is 0.310. The largest absolute Gasteiger partial charge is 0.457 e. The normalized spacial score (nSPS) is 15.4. The number of hydrogen-bond donors (Lipinski definition) is 2. The molecule has 3 N–H and O–H groups in total. The predicted molar refractivity (Wildman–Crippen MR) is 143 cm³/mol. The van der Waals surface area contributed by atoms with Gasteiger partial charge in [0.05, 0.1) is 18.0 Å². The fourth-order valence-corrected chi connectivity index (χ4v) is 4.71. The highest BCUT2D eigenvalue weighted by molar-refractivity contribution is 6.03. The standard InChI is InChI=1S/C29H31N5O2/c1-20(18-35)34-25(13-8-21-14-16-33(2)17-15-21)26(27-28(30)31-19-32-29(27)34)22-9-11-24(12-10-22)36-23-6-4-3-5-7-23/h3-7,9-12,19-21,35H,14-18H2,1-2H3,(H2,30,31,32). The van der Waals surface area contributed by atoms with Crippen LogP contribution in [0.25, 0.3) is 22.2 Å². The number of likely N-dealkylation sites (tertiary alicyclic amines) is 1. The van der Waals surface area contributed by atoms with E-state index < -0.39 is 0 Å². The van der Waals surface area contributed by atoms with Crippen molar-refractivity contribution in [2.24, 2.45) is 5.92 Å². The van der Waals surface area contributed by atoms with E-state index in [1.165, 1.54) is 6.33 Å². The van der Waals surface area contributed by atoms with Crippen LogP contribution in [0.3, 0.4) is 0 Å². The van der Waals surface area contributed by atoms with Gasteiger partial charge in [0.1, 0.15) is 35.0 Å². The fourth-order valence-electron chi connectivity index (χ4n) is 4.71. The summed E-state index contributed by atoms with van der Waals surface area (Å²) in [5.41, 5.74) is 9.70. The molecular formula is C29H31N5O2. The minimum Gasteiger partial charge on any atom is -0.457 e. The number of piperidine rings is 1. The summed E-state index contributed by atoms with van der Waals surface area (Å²) in [6.07, 6.45) is 3.55. The smallest absolute Gasteiger partial charge is 0.147 e. The molecule has 0 spiro atoms. The number of fused-ring (bicyclic) bond motifs is 1. The van der Waals surface area contributed by atoms with Crippen molar-refractivity contribution in [1.29, 1.82) is 0 Å². The van der Waals surface area contributed by atoms with Crippen molar-refractivity contribution in [2.75, 3.05) is 32.5 Å². The third-order valence-corrected chi connectivity index (χ3v) is 6.75. The maximum Gasteiger partial charge on any atom is 0.147 e. The third-order valence-electron chi connectivity index (χ3n) is 6.75. The summed E-state index contributed by atoms with van der Waals surface area (Å²) >= 11 is 0. The van der Waals surface area contributed by atoms with Gasteiger partial charge in [-0.25, -0.2) is 9.97 Å². The Bertz CT molecular complexity index is 1400. The molecule has 1 fully saturated rings. The summed E-state index contributed by atoms with van der Waals surface area (Å²) in [6, 6.07) is 17.4. The van der Waals surface area contributed by atoms with E-state index in [0.29, 0.717) is 17.4 Å². The molecule has 1 atom stereocenters. The topological polar surface area (TPSA) is 89.4 Å². The predicted octanol–water partition coefficient (Wildman–Crippen LogP) is 4.72. The number of aliphatic hydroxyl groups is 1. The number of aromatic nitrogens is 3. The van der Waals surface area contributed by atoms with Crippen LogP contribution >= 0.6 is 0 Å². The van der Waals surface area contributed by atoms with E-state index in [-0.39, 0.29) is 12.6 Å². The number of benzene rings is 2. The van der Waals surface area contributed by atoms with Gasteiger partial charge in [-0.1, -0.05) is 36.3 Å². The Morgan fingerprint density at radius 3 is 2.44 bits per heavy atom. The highest BCUT2D eigenvalue weighted by Crippen LogP contribution is 2.39. The van der Waals surface area contributed by atoms with Crippen molar-refractivity contribution in [3.8, 4) is 34.5 Å². The Kier molecular flexibility index (Phi) is 6.90. The first kappa shape index (κ1) is 23.9. The lowest BCUT2D eigenvalue weighted by molar-refractivity contribution is 0.240. The van der Waals surface area contributed by atoms with Crippen molar-refractivity contribution in [1.82, 2.24) is 19.4 Å². The second-order valence-corrected chi connectivity index (χ2v) is 9.37. The van der Waals surface area contributed by atoms with Gasteiger partial charge in [0.15, 0.2) is 0 Å². The van der Waals surface area contributed by atoms with Crippen molar-refractivity contribution in [3.05, 3.63) is 66.6 Å². The molecular weight excluding hydrogens is 450 g/mol. The zero-order chi connectivity index (χ0) is 25.1. The van der Waals surface area contributed by atoms with Crippen LogP contribution in [-0.2, 0) is 0 Å². The molecule has 1 saturated heterocycles. The zero-order valence-corrected chi connectivity index (χ0v) is 20.7. The lowest BCUT2D eigenvalue weighted by Gasteiger charge is -2.25. The molecule has 7 heteroatoms. The first-order valence-electron chi connectivity index (χ1n) is 12.3. The van der Waals surface area contributed by atoms with E-state index in [4.69, 9.17) is 10.5 Å². The molecule has 2 aromatic heterocycles. The van der Waals surface area contributed by atoms with Crippen molar-refractivity contribution >= 4 is 16.9 Å². The number of hydrogen-bond acceptors (Lipinski definition) is 6. The van der Waals surface area contributed by atoms with Crippen LogP contribution < -0.4 is 10.5 Å². The minimum atomic E-state index is -0.224. The molecule has 0 aliphatic carbocycles. The van der Waals surface area contributed by atoms with E-state index in [0.717, 1.165) is 59.6 Å². The van der Waals surface area contributed by atoms with E-state index in [2.05, 4.69) is 33.8 Å². The summed E-state index contributed by atoms with van der Waals surface area (Å²) < 4.78 is 7.99. The van der Waals surface area contributed by atoms with Gasteiger partial charge in [-0.05, 0) is 75.7 Å². The van der Waals surface area contributed by atoms with Crippen LogP contribution in [0.2, 0.25) is 0 Å². The number of nitrogen functional groups attached to an aromatic ring is 1. The molecule has 7 nitrogen and oxygen atoms in total. The maximum atomic E-state index is 10.1. The SMILES string of the molecule is CC(CO)n1c(C#CC2CCN(C)CC2)c(-c2ccc(Oc3ccccc3)cc2)c2c(N)ncnc21.